The average Bonchev–Trinajstić information content (AvgIpc) is 3.24. The van der Waals surface area contributed by atoms with Gasteiger partial charge in [-0.3, -0.25) is 4.79 Å². The predicted octanol–water partition coefficient (Wildman–Crippen LogP) is 3.01. The van der Waals surface area contributed by atoms with Gasteiger partial charge in [0.2, 0.25) is 10.0 Å². The molecule has 0 radical (unpaired) electrons. The number of rotatable bonds is 5. The van der Waals surface area contributed by atoms with Crippen molar-refractivity contribution in [3.63, 3.8) is 0 Å². The molecular weight excluding hydrogens is 386 g/mol. The van der Waals surface area contributed by atoms with E-state index < -0.39 is 10.0 Å². The molecule has 1 aromatic carbocycles. The van der Waals surface area contributed by atoms with E-state index in [1.54, 1.807) is 54.6 Å². The molecule has 1 N–H and O–H groups in total. The van der Waals surface area contributed by atoms with E-state index in [4.69, 9.17) is 11.6 Å². The second-order valence-electron chi connectivity index (χ2n) is 6.88. The lowest BCUT2D eigenvalue weighted by Gasteiger charge is -2.17. The van der Waals surface area contributed by atoms with Gasteiger partial charge in [-0.2, -0.15) is 0 Å². The van der Waals surface area contributed by atoms with Gasteiger partial charge in [-0.25, -0.2) is 13.1 Å². The number of nitrogens with zero attached hydrogens (tertiary/aromatic N) is 2. The van der Waals surface area contributed by atoms with Crippen molar-refractivity contribution in [1.82, 2.24) is 14.2 Å². The van der Waals surface area contributed by atoms with Crippen molar-refractivity contribution in [3.8, 4) is 0 Å². The minimum atomic E-state index is -3.86. The molecule has 0 bridgehead atoms. The molecule has 2 heterocycles. The summed E-state index contributed by atoms with van der Waals surface area (Å²) in [4.78, 5) is 14.8. The Hall–Kier alpha value is -1.83. The summed E-state index contributed by atoms with van der Waals surface area (Å²) in [6, 6.07) is 6.96. The first-order chi connectivity index (χ1) is 12.7. The predicted molar refractivity (Wildman–Crippen MR) is 106 cm³/mol. The molecule has 0 aliphatic carbocycles. The van der Waals surface area contributed by atoms with Gasteiger partial charge in [0.05, 0.1) is 5.56 Å². The van der Waals surface area contributed by atoms with Crippen molar-refractivity contribution in [3.05, 3.63) is 51.8 Å². The summed E-state index contributed by atoms with van der Waals surface area (Å²) >= 11 is 5.87. The molecule has 0 saturated carbocycles. The SMILES string of the molecule is Cc1c(C(=O)N2CCCC2)c(S(=O)(=O)NCc2ccc(Cl)cc2)c(C)n1C. The Morgan fingerprint density at radius 1 is 1.11 bits per heavy atom. The number of sulfonamides is 1. The van der Waals surface area contributed by atoms with Crippen molar-refractivity contribution in [2.75, 3.05) is 13.1 Å². The summed E-state index contributed by atoms with van der Waals surface area (Å²) in [6.07, 6.45) is 1.90. The summed E-state index contributed by atoms with van der Waals surface area (Å²) in [6.45, 7) is 4.98. The van der Waals surface area contributed by atoms with Gasteiger partial charge < -0.3 is 9.47 Å². The molecule has 1 saturated heterocycles. The normalized spacial score (nSPS) is 14.7. The van der Waals surface area contributed by atoms with Crippen molar-refractivity contribution in [2.24, 2.45) is 7.05 Å². The molecule has 0 unspecified atom stereocenters. The maximum Gasteiger partial charge on any atom is 0.257 e. The molecule has 0 atom stereocenters. The zero-order chi connectivity index (χ0) is 19.8. The zero-order valence-corrected chi connectivity index (χ0v) is 17.3. The Bertz CT molecular complexity index is 959. The smallest absolute Gasteiger partial charge is 0.257 e. The van der Waals surface area contributed by atoms with E-state index in [-0.39, 0.29) is 22.9 Å². The van der Waals surface area contributed by atoms with E-state index in [1.165, 1.54) is 0 Å². The summed E-state index contributed by atoms with van der Waals surface area (Å²) < 4.78 is 30.5. The van der Waals surface area contributed by atoms with Gasteiger partial charge in [0.15, 0.2) is 0 Å². The fourth-order valence-corrected chi connectivity index (χ4v) is 5.09. The van der Waals surface area contributed by atoms with Gasteiger partial charge in [0, 0.05) is 43.1 Å². The number of halogens is 1. The Morgan fingerprint density at radius 2 is 1.70 bits per heavy atom. The van der Waals surface area contributed by atoms with Crippen LogP contribution in [0.25, 0.3) is 0 Å². The molecule has 3 rings (SSSR count). The topological polar surface area (TPSA) is 71.4 Å². The van der Waals surface area contributed by atoms with Crippen LogP contribution in [0.2, 0.25) is 5.02 Å². The highest BCUT2D eigenvalue weighted by molar-refractivity contribution is 7.89. The number of carbonyl (C=O) groups excluding carboxylic acids is 1. The van der Waals surface area contributed by atoms with Gasteiger partial charge in [0.25, 0.3) is 5.91 Å². The third kappa shape index (κ3) is 3.90. The standard InChI is InChI=1S/C19H24ClN3O3S/c1-13-17(19(24)23-10-4-5-11-23)18(14(2)22(13)3)27(25,26)21-12-15-6-8-16(20)9-7-15/h6-9,21H,4-5,10-12H2,1-3H3. The third-order valence-electron chi connectivity index (χ3n) is 5.18. The van der Waals surface area contributed by atoms with Gasteiger partial charge >= 0.3 is 0 Å². The molecule has 8 heteroatoms. The Labute approximate surface area is 165 Å². The molecule has 1 aromatic heterocycles. The molecule has 1 fully saturated rings. The number of nitrogens with one attached hydrogen (secondary N) is 1. The number of likely N-dealkylation sites (tertiary alicyclic amines) is 1. The molecule has 146 valence electrons. The van der Waals surface area contributed by atoms with Gasteiger partial charge in [-0.05, 0) is 44.4 Å². The lowest BCUT2D eigenvalue weighted by molar-refractivity contribution is 0.0788. The summed E-state index contributed by atoms with van der Waals surface area (Å²) in [5.41, 5.74) is 2.29. The maximum absolute atomic E-state index is 13.1. The minimum absolute atomic E-state index is 0.0772. The maximum atomic E-state index is 13.1. The monoisotopic (exact) mass is 409 g/mol. The van der Waals surface area contributed by atoms with E-state index in [1.807, 2.05) is 0 Å². The first-order valence-electron chi connectivity index (χ1n) is 8.91. The number of aromatic nitrogens is 1. The van der Waals surface area contributed by atoms with Crippen LogP contribution in [-0.2, 0) is 23.6 Å². The summed E-state index contributed by atoms with van der Waals surface area (Å²) in [7, 11) is -2.08. The van der Waals surface area contributed by atoms with Crippen LogP contribution in [0.5, 0.6) is 0 Å². The van der Waals surface area contributed by atoms with Gasteiger partial charge in [-0.1, -0.05) is 23.7 Å². The first-order valence-corrected chi connectivity index (χ1v) is 10.8. The molecular formula is C19H24ClN3O3S. The van der Waals surface area contributed by atoms with E-state index in [9.17, 15) is 13.2 Å². The van der Waals surface area contributed by atoms with Gasteiger partial charge in [-0.15, -0.1) is 0 Å². The molecule has 1 amide bonds. The van der Waals surface area contributed by atoms with Crippen molar-refractivity contribution in [1.29, 1.82) is 0 Å². The van der Waals surface area contributed by atoms with Crippen molar-refractivity contribution in [2.45, 2.75) is 38.1 Å². The van der Waals surface area contributed by atoms with E-state index in [0.29, 0.717) is 29.5 Å². The highest BCUT2D eigenvalue weighted by atomic mass is 35.5. The van der Waals surface area contributed by atoms with Crippen LogP contribution in [-0.4, -0.2) is 36.9 Å². The number of hydrogen-bond acceptors (Lipinski definition) is 3. The van der Waals surface area contributed by atoms with Crippen LogP contribution < -0.4 is 4.72 Å². The Kier molecular flexibility index (Phi) is 5.65. The Balaban J connectivity index is 1.95. The van der Waals surface area contributed by atoms with E-state index in [2.05, 4.69) is 4.72 Å². The van der Waals surface area contributed by atoms with Crippen LogP contribution in [0.3, 0.4) is 0 Å². The highest BCUT2D eigenvalue weighted by Gasteiger charge is 2.33. The third-order valence-corrected chi connectivity index (χ3v) is 6.99. The quantitative estimate of drug-likeness (QED) is 0.825. The van der Waals surface area contributed by atoms with Crippen molar-refractivity contribution >= 4 is 27.5 Å². The average molecular weight is 410 g/mol. The fourth-order valence-electron chi connectivity index (χ4n) is 3.43. The molecule has 1 aliphatic rings. The summed E-state index contributed by atoms with van der Waals surface area (Å²) in [5.74, 6) is -0.208. The lowest BCUT2D eigenvalue weighted by Crippen LogP contribution is -2.31. The minimum Gasteiger partial charge on any atom is -0.350 e. The number of amides is 1. The second-order valence-corrected chi connectivity index (χ2v) is 9.02. The van der Waals surface area contributed by atoms with Crippen LogP contribution in [0.1, 0.15) is 40.2 Å². The second kappa shape index (κ2) is 7.66. The zero-order valence-electron chi connectivity index (χ0n) is 15.8. The van der Waals surface area contributed by atoms with Crippen LogP contribution in [0, 0.1) is 13.8 Å². The van der Waals surface area contributed by atoms with E-state index in [0.717, 1.165) is 18.4 Å². The largest absolute Gasteiger partial charge is 0.350 e. The first kappa shape index (κ1) is 19.9. The number of hydrogen-bond donors (Lipinski definition) is 1. The Morgan fingerprint density at radius 3 is 2.30 bits per heavy atom. The molecule has 1 aliphatic heterocycles. The van der Waals surface area contributed by atoms with Gasteiger partial charge in [0.1, 0.15) is 4.90 Å². The van der Waals surface area contributed by atoms with E-state index >= 15 is 0 Å². The number of benzene rings is 1. The fraction of sp³-hybridized carbons (Fsp3) is 0.421. The van der Waals surface area contributed by atoms with Crippen LogP contribution >= 0.6 is 11.6 Å². The lowest BCUT2D eigenvalue weighted by atomic mass is 10.2. The molecule has 2 aromatic rings. The van der Waals surface area contributed by atoms with Crippen LogP contribution in [0.4, 0.5) is 0 Å². The number of carbonyl (C=O) groups is 1. The molecule has 27 heavy (non-hydrogen) atoms. The summed E-state index contributed by atoms with van der Waals surface area (Å²) in [5, 5.41) is 0.592. The van der Waals surface area contributed by atoms with Crippen molar-refractivity contribution < 1.29 is 13.2 Å². The molecule has 0 spiro atoms. The van der Waals surface area contributed by atoms with Crippen LogP contribution in [0.15, 0.2) is 29.2 Å². The molecule has 6 nitrogen and oxygen atoms in total. The highest BCUT2D eigenvalue weighted by Crippen LogP contribution is 2.28.